The third kappa shape index (κ3) is 2.85. The van der Waals surface area contributed by atoms with Crippen molar-refractivity contribution in [1.82, 2.24) is 0 Å². The average molecular weight is 343 g/mol. The van der Waals surface area contributed by atoms with Gasteiger partial charge in [-0.05, 0) is 24.6 Å². The Balaban J connectivity index is 2.43. The van der Waals surface area contributed by atoms with Gasteiger partial charge < -0.3 is 15.2 Å². The van der Waals surface area contributed by atoms with Crippen molar-refractivity contribution in [2.24, 2.45) is 11.1 Å². The number of thiocarbonyl (C=S) groups is 1. The molecule has 1 fully saturated rings. The van der Waals surface area contributed by atoms with Gasteiger partial charge in [-0.25, -0.2) is 8.42 Å². The van der Waals surface area contributed by atoms with E-state index in [1.54, 1.807) is 19.2 Å². The lowest BCUT2D eigenvalue weighted by molar-refractivity contribution is 0.121. The smallest absolute Gasteiger partial charge is 0.152 e. The molecule has 3 atom stereocenters. The fourth-order valence-corrected chi connectivity index (χ4v) is 5.43. The largest absolute Gasteiger partial charge is 0.497 e. The Kier molecular flexibility index (Phi) is 4.79. The fraction of sp³-hybridized carbons (Fsp3) is 0.533. The van der Waals surface area contributed by atoms with Crippen molar-refractivity contribution < 1.29 is 17.9 Å². The number of methoxy groups -OCH3 is 1. The molecule has 2 rings (SSSR count). The third-order valence-electron chi connectivity index (χ3n) is 4.20. The molecule has 1 aliphatic rings. The van der Waals surface area contributed by atoms with E-state index in [2.05, 4.69) is 0 Å². The summed E-state index contributed by atoms with van der Waals surface area (Å²) in [4.78, 5) is 0.192. The summed E-state index contributed by atoms with van der Waals surface area (Å²) in [5.41, 5.74) is 5.96. The first kappa shape index (κ1) is 17.2. The lowest BCUT2D eigenvalue weighted by Crippen LogP contribution is -2.33. The van der Waals surface area contributed by atoms with Gasteiger partial charge >= 0.3 is 0 Å². The Morgan fingerprint density at radius 1 is 1.36 bits per heavy atom. The van der Waals surface area contributed by atoms with Crippen molar-refractivity contribution in [3.8, 4) is 5.75 Å². The van der Waals surface area contributed by atoms with Crippen LogP contribution in [0.25, 0.3) is 0 Å². The highest BCUT2D eigenvalue weighted by atomic mass is 32.2. The minimum absolute atomic E-state index is 0.192. The summed E-state index contributed by atoms with van der Waals surface area (Å²) in [6, 6.07) is 7.32. The second-order valence-corrected chi connectivity index (χ2v) is 8.15. The standard InChI is InChI=1S/C15H21NO4S2/c1-4-20-9-15(14(16)21)12(13(15)22(3,17)18)10-5-7-11(19-2)8-6-10/h5-8,12-13H,4,9H2,1-3H3,(H2,16,21). The van der Waals surface area contributed by atoms with Crippen LogP contribution in [-0.4, -0.2) is 45.2 Å². The second-order valence-electron chi connectivity index (χ2n) is 5.54. The van der Waals surface area contributed by atoms with E-state index < -0.39 is 20.5 Å². The second kappa shape index (κ2) is 6.14. The molecule has 7 heteroatoms. The first-order valence-electron chi connectivity index (χ1n) is 6.99. The Morgan fingerprint density at radius 3 is 2.36 bits per heavy atom. The van der Waals surface area contributed by atoms with Crippen LogP contribution in [0.5, 0.6) is 5.75 Å². The molecule has 0 aromatic heterocycles. The van der Waals surface area contributed by atoms with Gasteiger partial charge in [-0.15, -0.1) is 0 Å². The van der Waals surface area contributed by atoms with E-state index >= 15 is 0 Å². The topological polar surface area (TPSA) is 78.6 Å². The SMILES string of the molecule is CCOCC1(C(N)=S)C(c2ccc(OC)cc2)C1S(C)(=O)=O. The zero-order chi connectivity index (χ0) is 16.5. The van der Waals surface area contributed by atoms with Crippen molar-refractivity contribution in [2.75, 3.05) is 26.6 Å². The Bertz CT molecular complexity index is 657. The summed E-state index contributed by atoms with van der Waals surface area (Å²) in [6.07, 6.45) is 1.22. The van der Waals surface area contributed by atoms with Crippen LogP contribution in [-0.2, 0) is 14.6 Å². The third-order valence-corrected chi connectivity index (χ3v) is 6.19. The van der Waals surface area contributed by atoms with E-state index in [0.29, 0.717) is 12.4 Å². The van der Waals surface area contributed by atoms with Crippen molar-refractivity contribution in [3.63, 3.8) is 0 Å². The summed E-state index contributed by atoms with van der Waals surface area (Å²) < 4.78 is 35.0. The monoisotopic (exact) mass is 343 g/mol. The van der Waals surface area contributed by atoms with Gasteiger partial charge in [-0.1, -0.05) is 24.4 Å². The van der Waals surface area contributed by atoms with Gasteiger partial charge in [-0.3, -0.25) is 0 Å². The minimum atomic E-state index is -3.30. The normalized spacial score (nSPS) is 27.4. The van der Waals surface area contributed by atoms with Gasteiger partial charge in [0.2, 0.25) is 0 Å². The molecule has 0 amide bonds. The minimum Gasteiger partial charge on any atom is -0.497 e. The summed E-state index contributed by atoms with van der Waals surface area (Å²) in [5.74, 6) is 0.434. The predicted octanol–water partition coefficient (Wildman–Crippen LogP) is 1.51. The lowest BCUT2D eigenvalue weighted by Gasteiger charge is -2.16. The Morgan fingerprint density at radius 2 is 1.95 bits per heavy atom. The molecule has 1 aromatic carbocycles. The van der Waals surface area contributed by atoms with Crippen LogP contribution in [0.1, 0.15) is 18.4 Å². The number of benzene rings is 1. The van der Waals surface area contributed by atoms with Crippen LogP contribution in [0.2, 0.25) is 0 Å². The summed E-state index contributed by atoms with van der Waals surface area (Å²) >= 11 is 5.19. The molecular weight excluding hydrogens is 322 g/mol. The molecule has 1 saturated carbocycles. The molecular formula is C15H21NO4S2. The molecule has 122 valence electrons. The van der Waals surface area contributed by atoms with Crippen LogP contribution in [0.15, 0.2) is 24.3 Å². The fourth-order valence-electron chi connectivity index (χ4n) is 3.12. The highest BCUT2D eigenvalue weighted by Gasteiger charge is 2.71. The molecule has 0 saturated heterocycles. The van der Waals surface area contributed by atoms with Gasteiger partial charge in [0.15, 0.2) is 9.84 Å². The molecule has 0 radical (unpaired) electrons. The maximum atomic E-state index is 12.2. The van der Waals surface area contributed by atoms with Crippen molar-refractivity contribution in [3.05, 3.63) is 29.8 Å². The number of hydrogen-bond donors (Lipinski definition) is 1. The van der Waals surface area contributed by atoms with E-state index in [-0.39, 0.29) is 17.5 Å². The van der Waals surface area contributed by atoms with Crippen molar-refractivity contribution in [1.29, 1.82) is 0 Å². The molecule has 0 bridgehead atoms. The zero-order valence-corrected chi connectivity index (χ0v) is 14.5. The predicted molar refractivity (Wildman–Crippen MR) is 90.1 cm³/mol. The number of ether oxygens (including phenoxy) is 2. The molecule has 0 heterocycles. The van der Waals surface area contributed by atoms with Gasteiger partial charge in [0, 0.05) is 18.8 Å². The first-order valence-corrected chi connectivity index (χ1v) is 9.35. The number of hydrogen-bond acceptors (Lipinski definition) is 5. The van der Waals surface area contributed by atoms with E-state index in [1.165, 1.54) is 6.26 Å². The quantitative estimate of drug-likeness (QED) is 0.756. The highest BCUT2D eigenvalue weighted by Crippen LogP contribution is 2.63. The molecule has 2 N–H and O–H groups in total. The molecule has 0 aliphatic heterocycles. The van der Waals surface area contributed by atoms with Gasteiger partial charge in [0.1, 0.15) is 5.75 Å². The van der Waals surface area contributed by atoms with Crippen molar-refractivity contribution in [2.45, 2.75) is 18.1 Å². The van der Waals surface area contributed by atoms with Crippen molar-refractivity contribution >= 4 is 27.0 Å². The van der Waals surface area contributed by atoms with Crippen LogP contribution < -0.4 is 10.5 Å². The van der Waals surface area contributed by atoms with Gasteiger partial charge in [0.05, 0.1) is 29.4 Å². The molecule has 3 unspecified atom stereocenters. The van der Waals surface area contributed by atoms with Gasteiger partial charge in [0.25, 0.3) is 0 Å². The number of nitrogens with two attached hydrogens (primary N) is 1. The van der Waals surface area contributed by atoms with Gasteiger partial charge in [-0.2, -0.15) is 0 Å². The summed E-state index contributed by atoms with van der Waals surface area (Å²) in [6.45, 7) is 2.55. The molecule has 22 heavy (non-hydrogen) atoms. The summed E-state index contributed by atoms with van der Waals surface area (Å²) in [5, 5.41) is -0.641. The van der Waals surface area contributed by atoms with Crippen LogP contribution in [0, 0.1) is 5.41 Å². The van der Waals surface area contributed by atoms with E-state index in [1.807, 2.05) is 19.1 Å². The molecule has 0 spiro atoms. The lowest BCUT2D eigenvalue weighted by atomic mass is 10.00. The Labute approximate surface area is 136 Å². The molecule has 1 aromatic rings. The van der Waals surface area contributed by atoms with E-state index in [9.17, 15) is 8.42 Å². The van der Waals surface area contributed by atoms with Crippen LogP contribution >= 0.6 is 12.2 Å². The average Bonchev–Trinajstić information content (AvgIpc) is 3.16. The maximum Gasteiger partial charge on any atom is 0.152 e. The van der Waals surface area contributed by atoms with E-state index in [0.717, 1.165) is 5.56 Å². The number of rotatable bonds is 7. The van der Waals surface area contributed by atoms with E-state index in [4.69, 9.17) is 27.4 Å². The molecule has 5 nitrogen and oxygen atoms in total. The maximum absolute atomic E-state index is 12.2. The molecule has 1 aliphatic carbocycles. The van der Waals surface area contributed by atoms with Crippen LogP contribution in [0.3, 0.4) is 0 Å². The number of sulfone groups is 1. The summed E-state index contributed by atoms with van der Waals surface area (Å²) in [7, 11) is -1.72. The Hall–Kier alpha value is -1.18. The highest BCUT2D eigenvalue weighted by molar-refractivity contribution is 7.92. The first-order chi connectivity index (χ1) is 10.3. The van der Waals surface area contributed by atoms with Crippen LogP contribution in [0.4, 0.5) is 0 Å². The zero-order valence-electron chi connectivity index (χ0n) is 12.9.